The lowest BCUT2D eigenvalue weighted by Crippen LogP contribution is -2.32. The highest BCUT2D eigenvalue weighted by Crippen LogP contribution is 2.12. The first-order valence-electron chi connectivity index (χ1n) is 6.30. The van der Waals surface area contributed by atoms with Crippen molar-refractivity contribution in [3.63, 3.8) is 0 Å². The van der Waals surface area contributed by atoms with Gasteiger partial charge in [0.15, 0.2) is 5.11 Å². The Labute approximate surface area is 131 Å². The maximum absolute atomic E-state index is 11.6. The molecule has 0 atom stereocenters. The van der Waals surface area contributed by atoms with E-state index in [1.807, 2.05) is 29.1 Å². The molecule has 0 aliphatic carbocycles. The van der Waals surface area contributed by atoms with E-state index in [4.69, 9.17) is 5.73 Å². The van der Waals surface area contributed by atoms with Crippen LogP contribution in [0.2, 0.25) is 0 Å². The topological polar surface area (TPSA) is 87.1 Å². The molecule has 21 heavy (non-hydrogen) atoms. The first-order chi connectivity index (χ1) is 9.97. The Hall–Kier alpha value is -2.06. The zero-order chi connectivity index (χ0) is 15.4. The fraction of sp³-hybridized carbons (Fsp3) is 0.231. The monoisotopic (exact) mass is 322 g/mol. The molecule has 0 spiro atoms. The van der Waals surface area contributed by atoms with Gasteiger partial charge in [0, 0.05) is 0 Å². The van der Waals surface area contributed by atoms with Gasteiger partial charge in [0.05, 0.1) is 18.6 Å². The molecule has 2 rings (SSSR count). The third-order valence-corrected chi connectivity index (χ3v) is 3.69. The predicted molar refractivity (Wildman–Crippen MR) is 88.1 cm³/mol. The average molecular weight is 322 g/mol. The van der Waals surface area contributed by atoms with Gasteiger partial charge in [0.1, 0.15) is 4.88 Å². The number of hydrogen-bond donors (Lipinski definition) is 3. The molecule has 8 heteroatoms. The summed E-state index contributed by atoms with van der Waals surface area (Å²) in [5.74, 6) is 1.12. The van der Waals surface area contributed by atoms with Gasteiger partial charge in [-0.1, -0.05) is 13.8 Å². The van der Waals surface area contributed by atoms with E-state index >= 15 is 0 Å². The number of aromatic amines is 1. The van der Waals surface area contributed by atoms with Crippen LogP contribution in [-0.2, 0) is 0 Å². The maximum Gasteiger partial charge on any atom is 0.390 e. The fourth-order valence-electron chi connectivity index (χ4n) is 1.74. The van der Waals surface area contributed by atoms with Crippen molar-refractivity contribution in [3.8, 4) is 5.82 Å². The Morgan fingerprint density at radius 1 is 1.52 bits per heavy atom. The summed E-state index contributed by atoms with van der Waals surface area (Å²) in [7, 11) is 0. The molecule has 0 aliphatic heterocycles. The predicted octanol–water partition coefficient (Wildman–Crippen LogP) is 1.00. The van der Waals surface area contributed by atoms with Gasteiger partial charge in [-0.2, -0.15) is 10.1 Å². The first kappa shape index (κ1) is 15.3. The van der Waals surface area contributed by atoms with Gasteiger partial charge in [-0.25, -0.2) is 9.36 Å². The zero-order valence-electron chi connectivity index (χ0n) is 11.7. The molecule has 0 fully saturated rings. The van der Waals surface area contributed by atoms with Crippen molar-refractivity contribution in [1.29, 1.82) is 0 Å². The minimum atomic E-state index is -0.151. The van der Waals surface area contributed by atoms with Crippen LogP contribution in [0.5, 0.6) is 0 Å². The molecule has 2 heterocycles. The molecule has 0 bridgehead atoms. The highest BCUT2D eigenvalue weighted by molar-refractivity contribution is 7.80. The van der Waals surface area contributed by atoms with Crippen molar-refractivity contribution in [2.75, 3.05) is 0 Å². The number of H-pyrrole nitrogens is 1. The van der Waals surface area contributed by atoms with Crippen LogP contribution in [0.15, 0.2) is 34.4 Å². The molecule has 110 valence electrons. The average Bonchev–Trinajstić information content (AvgIpc) is 2.79. The number of rotatable bonds is 4. The highest BCUT2D eigenvalue weighted by atomic mass is 32.1. The molecule has 0 saturated carbocycles. The lowest BCUT2D eigenvalue weighted by atomic mass is 10.1. The molecule has 0 amide bonds. The molecule has 0 radical (unpaired) electrons. The standard InChI is InChI=1S/C13H15N5OS2/c1-8(2)9-3-5-18(6-4-9)11-10(21-13(19)16-11)7-15-17-12(14)20/h3-8H,1-2H3,(H3-,14,15,16,17,19,20)/p+1. The van der Waals surface area contributed by atoms with Crippen LogP contribution in [0.4, 0.5) is 0 Å². The third-order valence-electron chi connectivity index (χ3n) is 2.79. The normalized spacial score (nSPS) is 11.2. The molecule has 0 unspecified atom stereocenters. The van der Waals surface area contributed by atoms with Crippen LogP contribution in [-0.4, -0.2) is 16.3 Å². The molecular weight excluding hydrogens is 306 g/mol. The molecule has 6 nitrogen and oxygen atoms in total. The van der Waals surface area contributed by atoms with E-state index in [1.165, 1.54) is 11.8 Å². The largest absolute Gasteiger partial charge is 0.390 e. The van der Waals surface area contributed by atoms with Crippen molar-refractivity contribution >= 4 is 34.9 Å². The van der Waals surface area contributed by atoms with E-state index in [0.717, 1.165) is 11.3 Å². The Balaban J connectivity index is 2.33. The van der Waals surface area contributed by atoms with Gasteiger partial charge in [-0.15, -0.1) is 0 Å². The number of nitrogens with zero attached hydrogens (tertiary/aromatic N) is 2. The third kappa shape index (κ3) is 3.96. The Morgan fingerprint density at radius 2 is 2.19 bits per heavy atom. The number of pyridine rings is 1. The van der Waals surface area contributed by atoms with Crippen molar-refractivity contribution in [3.05, 3.63) is 44.6 Å². The summed E-state index contributed by atoms with van der Waals surface area (Å²) in [5.41, 5.74) is 8.99. The second-order valence-electron chi connectivity index (χ2n) is 4.66. The number of hydrazone groups is 1. The number of nitrogens with one attached hydrogen (secondary N) is 2. The first-order valence-corrected chi connectivity index (χ1v) is 7.53. The summed E-state index contributed by atoms with van der Waals surface area (Å²) in [6.45, 7) is 4.26. The van der Waals surface area contributed by atoms with E-state index in [-0.39, 0.29) is 9.99 Å². The van der Waals surface area contributed by atoms with Crippen molar-refractivity contribution in [1.82, 2.24) is 10.4 Å². The van der Waals surface area contributed by atoms with Crippen molar-refractivity contribution in [2.45, 2.75) is 19.8 Å². The Bertz CT molecular complexity index is 715. The molecule has 0 aliphatic rings. The van der Waals surface area contributed by atoms with Crippen LogP contribution in [0, 0.1) is 0 Å². The minimum Gasteiger partial charge on any atom is -0.375 e. The minimum absolute atomic E-state index is 0.0737. The number of thiocarbonyl (C=S) groups is 1. The molecule has 2 aromatic rings. The number of aromatic nitrogens is 2. The van der Waals surface area contributed by atoms with Gasteiger partial charge >= 0.3 is 10.7 Å². The van der Waals surface area contributed by atoms with Crippen LogP contribution in [0.3, 0.4) is 0 Å². The van der Waals surface area contributed by atoms with Crippen LogP contribution >= 0.6 is 23.6 Å². The summed E-state index contributed by atoms with van der Waals surface area (Å²) in [5, 5.41) is 3.96. The van der Waals surface area contributed by atoms with Gasteiger partial charge in [-0.3, -0.25) is 5.43 Å². The van der Waals surface area contributed by atoms with Crippen molar-refractivity contribution in [2.24, 2.45) is 10.8 Å². The van der Waals surface area contributed by atoms with Gasteiger partial charge in [0.25, 0.3) is 0 Å². The van der Waals surface area contributed by atoms with E-state index in [1.54, 1.807) is 0 Å². The highest BCUT2D eigenvalue weighted by Gasteiger charge is 2.16. The Kier molecular flexibility index (Phi) is 4.81. The molecule has 4 N–H and O–H groups in total. The lowest BCUT2D eigenvalue weighted by molar-refractivity contribution is -0.599. The van der Waals surface area contributed by atoms with Crippen molar-refractivity contribution < 1.29 is 4.57 Å². The van der Waals surface area contributed by atoms with E-state index in [9.17, 15) is 4.79 Å². The summed E-state index contributed by atoms with van der Waals surface area (Å²) in [4.78, 5) is 14.9. The second kappa shape index (κ2) is 6.59. The molecule has 2 aromatic heterocycles. The lowest BCUT2D eigenvalue weighted by Gasteiger charge is -2.04. The quantitative estimate of drug-likeness (QED) is 0.339. The number of hydrogen-bond acceptors (Lipinski definition) is 4. The van der Waals surface area contributed by atoms with Crippen LogP contribution < -0.4 is 20.6 Å². The van der Waals surface area contributed by atoms with E-state index in [0.29, 0.717) is 16.6 Å². The Morgan fingerprint density at radius 3 is 2.76 bits per heavy atom. The van der Waals surface area contributed by atoms with Gasteiger partial charge in [0.2, 0.25) is 0 Å². The summed E-state index contributed by atoms with van der Waals surface area (Å²) < 4.78 is 1.84. The molecule has 0 saturated heterocycles. The van der Waals surface area contributed by atoms with E-state index < -0.39 is 0 Å². The summed E-state index contributed by atoms with van der Waals surface area (Å²) in [6, 6.07) is 4.05. The smallest absolute Gasteiger partial charge is 0.375 e. The second-order valence-corrected chi connectivity index (χ2v) is 6.11. The van der Waals surface area contributed by atoms with Crippen LogP contribution in [0.25, 0.3) is 5.82 Å². The summed E-state index contributed by atoms with van der Waals surface area (Å²) in [6.07, 6.45) is 5.33. The number of nitrogens with two attached hydrogens (primary N) is 1. The van der Waals surface area contributed by atoms with E-state index in [2.05, 4.69) is 41.6 Å². The maximum atomic E-state index is 11.6. The molecular formula is C13H16N5OS2+. The summed E-state index contributed by atoms with van der Waals surface area (Å²) >= 11 is 5.73. The SMILES string of the molecule is CC(C)c1cc[n+](-c2[nH]c(=O)sc2/C=N\NC(N)=S)cc1. The number of thiazole rings is 1. The fourth-order valence-corrected chi connectivity index (χ4v) is 2.50. The molecule has 0 aromatic carbocycles. The van der Waals surface area contributed by atoms with Gasteiger partial charge in [-0.05, 0) is 47.2 Å². The van der Waals surface area contributed by atoms with Gasteiger partial charge < -0.3 is 5.73 Å². The van der Waals surface area contributed by atoms with Crippen LogP contribution in [0.1, 0.15) is 30.2 Å². The zero-order valence-corrected chi connectivity index (χ0v) is 13.3.